The highest BCUT2D eigenvalue weighted by molar-refractivity contribution is 5.96. The number of aryl methyl sites for hydroxylation is 1. The maximum Gasteiger partial charge on any atom is 0.321 e. The van der Waals surface area contributed by atoms with E-state index < -0.39 is 18.0 Å². The number of ether oxygens (including phenoxy) is 1. The highest BCUT2D eigenvalue weighted by Crippen LogP contribution is 2.25. The maximum absolute atomic E-state index is 11.7. The number of anilines is 1. The van der Waals surface area contributed by atoms with E-state index in [4.69, 9.17) is 10.5 Å². The minimum Gasteiger partial charge on any atom is -0.479 e. The van der Waals surface area contributed by atoms with Gasteiger partial charge in [-0.05, 0) is 32.4 Å². The van der Waals surface area contributed by atoms with Gasteiger partial charge in [0.15, 0.2) is 6.10 Å². The summed E-state index contributed by atoms with van der Waals surface area (Å²) < 4.78 is 5.45. The molecule has 1 rings (SSSR count). The van der Waals surface area contributed by atoms with E-state index in [1.165, 1.54) is 0 Å². The number of nitrogens with one attached hydrogen (secondary N) is 2. The Labute approximate surface area is 112 Å². The number of nitrogens with two attached hydrogens (primary N) is 1. The molecule has 19 heavy (non-hydrogen) atoms. The molecule has 0 bridgehead atoms. The molecule has 1 unspecified atom stereocenters. The first-order valence-electron chi connectivity index (χ1n) is 6.06. The lowest BCUT2D eigenvalue weighted by atomic mass is 10.2. The van der Waals surface area contributed by atoms with E-state index in [9.17, 15) is 9.59 Å². The molecular formula is C13H19N3O3. The number of hydrogen-bond donors (Lipinski definition) is 3. The van der Waals surface area contributed by atoms with Crippen molar-refractivity contribution in [2.24, 2.45) is 0 Å². The molecule has 1 atom stereocenters. The van der Waals surface area contributed by atoms with Crippen molar-refractivity contribution in [3.63, 3.8) is 0 Å². The topological polar surface area (TPSA) is 93.5 Å². The number of nitrogen functional groups attached to an aromatic ring is 1. The van der Waals surface area contributed by atoms with Gasteiger partial charge in [0.2, 0.25) is 0 Å². The molecule has 0 saturated heterocycles. The summed E-state index contributed by atoms with van der Waals surface area (Å²) in [5.41, 5.74) is 7.20. The summed E-state index contributed by atoms with van der Waals surface area (Å²) in [6.45, 7) is 5.61. The molecule has 0 fully saturated rings. The van der Waals surface area contributed by atoms with Crippen molar-refractivity contribution in [1.82, 2.24) is 10.6 Å². The number of carbonyl (C=O) groups excluding carboxylic acids is 2. The summed E-state index contributed by atoms with van der Waals surface area (Å²) in [6.07, 6.45) is -0.813. The van der Waals surface area contributed by atoms with Gasteiger partial charge in [-0.2, -0.15) is 0 Å². The van der Waals surface area contributed by atoms with Crippen LogP contribution in [0.1, 0.15) is 19.4 Å². The van der Waals surface area contributed by atoms with Crippen molar-refractivity contribution in [1.29, 1.82) is 0 Å². The van der Waals surface area contributed by atoms with Crippen LogP contribution in [0.4, 0.5) is 10.5 Å². The molecule has 3 amide bonds. The third-order valence-corrected chi connectivity index (χ3v) is 2.53. The second kappa shape index (κ2) is 6.63. The van der Waals surface area contributed by atoms with Crippen molar-refractivity contribution in [3.8, 4) is 5.75 Å². The number of urea groups is 1. The Morgan fingerprint density at radius 1 is 1.42 bits per heavy atom. The van der Waals surface area contributed by atoms with E-state index >= 15 is 0 Å². The van der Waals surface area contributed by atoms with Gasteiger partial charge in [0.05, 0.1) is 5.69 Å². The first-order chi connectivity index (χ1) is 8.95. The minimum atomic E-state index is -0.813. The third kappa shape index (κ3) is 4.17. The Bertz CT molecular complexity index is 474. The fourth-order valence-corrected chi connectivity index (χ4v) is 1.42. The number of benzene rings is 1. The van der Waals surface area contributed by atoms with Crippen LogP contribution >= 0.6 is 0 Å². The second-order valence-corrected chi connectivity index (χ2v) is 4.10. The molecule has 0 radical (unpaired) electrons. The number of amides is 3. The standard InChI is InChI=1S/C13H19N3O3/c1-4-15-13(18)16-12(17)9(3)19-10-7-5-6-8(2)11(10)14/h5-7,9H,4,14H2,1-3H3,(H2,15,16,17,18). The first kappa shape index (κ1) is 14.8. The van der Waals surface area contributed by atoms with Crippen LogP contribution < -0.4 is 21.1 Å². The average molecular weight is 265 g/mol. The van der Waals surface area contributed by atoms with Crippen LogP contribution in [0, 0.1) is 6.92 Å². The Kier molecular flexibility index (Phi) is 5.17. The van der Waals surface area contributed by atoms with Gasteiger partial charge in [-0.1, -0.05) is 12.1 Å². The average Bonchev–Trinajstić information content (AvgIpc) is 2.35. The SMILES string of the molecule is CCNC(=O)NC(=O)C(C)Oc1cccc(C)c1N. The van der Waals surface area contributed by atoms with Crippen LogP contribution in [0.2, 0.25) is 0 Å². The predicted octanol–water partition coefficient (Wildman–Crippen LogP) is 1.19. The Balaban J connectivity index is 2.64. The molecule has 0 aliphatic rings. The van der Waals surface area contributed by atoms with Gasteiger partial charge in [0.25, 0.3) is 5.91 Å². The zero-order valence-electron chi connectivity index (χ0n) is 11.3. The van der Waals surface area contributed by atoms with E-state index in [1.807, 2.05) is 13.0 Å². The fourth-order valence-electron chi connectivity index (χ4n) is 1.42. The highest BCUT2D eigenvalue weighted by Gasteiger charge is 2.18. The molecule has 1 aromatic carbocycles. The summed E-state index contributed by atoms with van der Waals surface area (Å²) >= 11 is 0. The van der Waals surface area contributed by atoms with Gasteiger partial charge in [0.1, 0.15) is 5.75 Å². The molecule has 4 N–H and O–H groups in total. The summed E-state index contributed by atoms with van der Waals surface area (Å²) in [5.74, 6) is -0.0922. The van der Waals surface area contributed by atoms with Crippen molar-refractivity contribution < 1.29 is 14.3 Å². The molecule has 0 spiro atoms. The zero-order chi connectivity index (χ0) is 14.4. The number of imide groups is 1. The number of para-hydroxylation sites is 1. The highest BCUT2D eigenvalue weighted by atomic mass is 16.5. The molecule has 1 aromatic rings. The molecule has 6 heteroatoms. The van der Waals surface area contributed by atoms with Crippen LogP contribution in [0.25, 0.3) is 0 Å². The van der Waals surface area contributed by atoms with Gasteiger partial charge < -0.3 is 15.8 Å². The zero-order valence-corrected chi connectivity index (χ0v) is 11.3. The second-order valence-electron chi connectivity index (χ2n) is 4.10. The minimum absolute atomic E-state index is 0.429. The van der Waals surface area contributed by atoms with Crippen LogP contribution in [-0.4, -0.2) is 24.6 Å². The van der Waals surface area contributed by atoms with Gasteiger partial charge in [-0.15, -0.1) is 0 Å². The van der Waals surface area contributed by atoms with Crippen LogP contribution in [-0.2, 0) is 4.79 Å². The molecule has 6 nitrogen and oxygen atoms in total. The number of carbonyl (C=O) groups is 2. The lowest BCUT2D eigenvalue weighted by Gasteiger charge is -2.16. The Morgan fingerprint density at radius 3 is 2.74 bits per heavy atom. The Hall–Kier alpha value is -2.24. The van der Waals surface area contributed by atoms with Crippen LogP contribution in [0.15, 0.2) is 18.2 Å². The smallest absolute Gasteiger partial charge is 0.321 e. The number of hydrogen-bond acceptors (Lipinski definition) is 4. The van der Waals surface area contributed by atoms with Crippen molar-refractivity contribution in [2.45, 2.75) is 26.9 Å². The van der Waals surface area contributed by atoms with Gasteiger partial charge in [-0.25, -0.2) is 4.79 Å². The summed E-state index contributed by atoms with van der Waals surface area (Å²) in [7, 11) is 0. The fraction of sp³-hybridized carbons (Fsp3) is 0.385. The number of rotatable bonds is 4. The van der Waals surface area contributed by atoms with Gasteiger partial charge in [-0.3, -0.25) is 10.1 Å². The largest absolute Gasteiger partial charge is 0.479 e. The van der Waals surface area contributed by atoms with E-state index in [-0.39, 0.29) is 0 Å². The molecule has 0 saturated carbocycles. The van der Waals surface area contributed by atoms with Crippen LogP contribution in [0.3, 0.4) is 0 Å². The van der Waals surface area contributed by atoms with E-state index in [0.717, 1.165) is 5.56 Å². The first-order valence-corrected chi connectivity index (χ1v) is 6.06. The lowest BCUT2D eigenvalue weighted by Crippen LogP contribution is -2.45. The molecule has 0 aromatic heterocycles. The molecule has 104 valence electrons. The van der Waals surface area contributed by atoms with Crippen molar-refractivity contribution >= 4 is 17.6 Å². The molecule has 0 aliphatic heterocycles. The third-order valence-electron chi connectivity index (χ3n) is 2.53. The van der Waals surface area contributed by atoms with Crippen molar-refractivity contribution in [2.75, 3.05) is 12.3 Å². The molecular weight excluding hydrogens is 246 g/mol. The predicted molar refractivity (Wildman–Crippen MR) is 72.9 cm³/mol. The van der Waals surface area contributed by atoms with E-state index in [1.54, 1.807) is 26.0 Å². The van der Waals surface area contributed by atoms with Crippen molar-refractivity contribution in [3.05, 3.63) is 23.8 Å². The Morgan fingerprint density at radius 2 is 2.11 bits per heavy atom. The summed E-state index contributed by atoms with van der Waals surface area (Å²) in [4.78, 5) is 22.9. The van der Waals surface area contributed by atoms with E-state index in [0.29, 0.717) is 18.0 Å². The maximum atomic E-state index is 11.7. The quantitative estimate of drug-likeness (QED) is 0.713. The van der Waals surface area contributed by atoms with Gasteiger partial charge in [0, 0.05) is 6.54 Å². The monoisotopic (exact) mass is 265 g/mol. The summed E-state index contributed by atoms with van der Waals surface area (Å²) in [6, 6.07) is 4.77. The summed E-state index contributed by atoms with van der Waals surface area (Å²) in [5, 5.41) is 4.64. The van der Waals surface area contributed by atoms with Gasteiger partial charge >= 0.3 is 6.03 Å². The van der Waals surface area contributed by atoms with E-state index in [2.05, 4.69) is 10.6 Å². The molecule has 0 heterocycles. The van der Waals surface area contributed by atoms with Crippen LogP contribution in [0.5, 0.6) is 5.75 Å². The normalized spacial score (nSPS) is 11.5. The molecule has 0 aliphatic carbocycles. The lowest BCUT2D eigenvalue weighted by molar-refractivity contribution is -0.126.